The van der Waals surface area contributed by atoms with Crippen LogP contribution >= 0.6 is 0 Å². The lowest BCUT2D eigenvalue weighted by Gasteiger charge is -2.33. The number of piperidine rings is 1. The van der Waals surface area contributed by atoms with Gasteiger partial charge in [-0.2, -0.15) is 0 Å². The quantitative estimate of drug-likeness (QED) is 0.907. The van der Waals surface area contributed by atoms with Crippen molar-refractivity contribution in [2.45, 2.75) is 38.6 Å². The van der Waals surface area contributed by atoms with Crippen LogP contribution in [0.3, 0.4) is 0 Å². The van der Waals surface area contributed by atoms with Crippen LogP contribution in [-0.2, 0) is 4.79 Å². The van der Waals surface area contributed by atoms with Gasteiger partial charge < -0.3 is 10.2 Å². The normalized spacial score (nSPS) is 19.6. The van der Waals surface area contributed by atoms with E-state index in [1.54, 1.807) is 6.20 Å². The second-order valence-corrected chi connectivity index (χ2v) is 7.64. The van der Waals surface area contributed by atoms with E-state index in [2.05, 4.69) is 10.3 Å². The maximum Gasteiger partial charge on any atom is 0.251 e. The number of carbonyl (C=O) groups excluding carboxylic acids is 2. The van der Waals surface area contributed by atoms with Gasteiger partial charge in [-0.25, -0.2) is 0 Å². The molecule has 1 saturated heterocycles. The van der Waals surface area contributed by atoms with Gasteiger partial charge in [-0.05, 0) is 67.5 Å². The summed E-state index contributed by atoms with van der Waals surface area (Å²) in [4.78, 5) is 31.0. The van der Waals surface area contributed by atoms with Crippen molar-refractivity contribution in [2.24, 2.45) is 5.92 Å². The third-order valence-electron chi connectivity index (χ3n) is 5.47. The van der Waals surface area contributed by atoms with E-state index in [1.807, 2.05) is 48.4 Å². The summed E-state index contributed by atoms with van der Waals surface area (Å²) in [7, 11) is 0. The van der Waals surface area contributed by atoms with Gasteiger partial charge in [0.05, 0.1) is 0 Å². The Kier molecular flexibility index (Phi) is 4.92. The first-order valence-electron chi connectivity index (χ1n) is 9.72. The van der Waals surface area contributed by atoms with Crippen molar-refractivity contribution in [1.82, 2.24) is 15.2 Å². The molecule has 2 fully saturated rings. The number of likely N-dealkylation sites (tertiary alicyclic amines) is 1. The van der Waals surface area contributed by atoms with Crippen molar-refractivity contribution >= 4 is 11.8 Å². The fourth-order valence-electron chi connectivity index (χ4n) is 3.75. The summed E-state index contributed by atoms with van der Waals surface area (Å²) in [5, 5.41) is 3.11. The highest BCUT2D eigenvalue weighted by Crippen LogP contribution is 2.32. The molecule has 1 aliphatic carbocycles. The number of pyridine rings is 1. The van der Waals surface area contributed by atoms with E-state index in [0.29, 0.717) is 12.1 Å². The SMILES string of the molecule is Cc1cnccc1-c1ccc(C(=O)N[C@H]2CCCN(C(=O)C3CC3)C2)cc1. The van der Waals surface area contributed by atoms with Gasteiger partial charge in [0.15, 0.2) is 0 Å². The molecule has 4 rings (SSSR count). The van der Waals surface area contributed by atoms with Crippen molar-refractivity contribution in [3.8, 4) is 11.1 Å². The lowest BCUT2D eigenvalue weighted by atomic mass is 10.0. The molecule has 2 aromatic rings. The lowest BCUT2D eigenvalue weighted by Crippen LogP contribution is -2.50. The summed E-state index contributed by atoms with van der Waals surface area (Å²) >= 11 is 0. The number of hydrogen-bond acceptors (Lipinski definition) is 3. The molecule has 1 N–H and O–H groups in total. The minimum atomic E-state index is -0.0706. The Balaban J connectivity index is 1.39. The maximum atomic E-state index is 12.6. The number of benzene rings is 1. The monoisotopic (exact) mass is 363 g/mol. The zero-order valence-corrected chi connectivity index (χ0v) is 15.6. The molecule has 0 bridgehead atoms. The molecule has 2 amide bonds. The molecule has 1 atom stereocenters. The summed E-state index contributed by atoms with van der Waals surface area (Å²) in [5.41, 5.74) is 3.96. The number of amides is 2. The summed E-state index contributed by atoms with van der Waals surface area (Å²) in [6.45, 7) is 3.48. The van der Waals surface area contributed by atoms with Gasteiger partial charge in [0, 0.05) is 43.0 Å². The number of rotatable bonds is 4. The van der Waals surface area contributed by atoms with Crippen molar-refractivity contribution < 1.29 is 9.59 Å². The predicted octanol–water partition coefficient (Wildman–Crippen LogP) is 3.19. The minimum Gasteiger partial charge on any atom is -0.348 e. The van der Waals surface area contributed by atoms with Crippen LogP contribution in [0.5, 0.6) is 0 Å². The topological polar surface area (TPSA) is 62.3 Å². The molecule has 5 heteroatoms. The van der Waals surface area contributed by atoms with Crippen molar-refractivity contribution in [1.29, 1.82) is 0 Å². The van der Waals surface area contributed by atoms with Crippen LogP contribution in [0.25, 0.3) is 11.1 Å². The first-order valence-corrected chi connectivity index (χ1v) is 9.72. The molecule has 0 radical (unpaired) electrons. The predicted molar refractivity (Wildman–Crippen MR) is 104 cm³/mol. The van der Waals surface area contributed by atoms with Crippen LogP contribution in [0.2, 0.25) is 0 Å². The van der Waals surface area contributed by atoms with Gasteiger partial charge in [-0.15, -0.1) is 0 Å². The van der Waals surface area contributed by atoms with Crippen LogP contribution in [0.1, 0.15) is 41.6 Å². The first-order chi connectivity index (χ1) is 13.1. The summed E-state index contributed by atoms with van der Waals surface area (Å²) < 4.78 is 0. The minimum absolute atomic E-state index is 0.0380. The molecular weight excluding hydrogens is 338 g/mol. The largest absolute Gasteiger partial charge is 0.348 e. The zero-order chi connectivity index (χ0) is 18.8. The van der Waals surface area contributed by atoms with Gasteiger partial charge in [0.1, 0.15) is 0 Å². The number of nitrogens with zero attached hydrogens (tertiary/aromatic N) is 2. The van der Waals surface area contributed by atoms with E-state index < -0.39 is 0 Å². The van der Waals surface area contributed by atoms with Crippen molar-refractivity contribution in [3.05, 3.63) is 53.9 Å². The molecule has 0 unspecified atom stereocenters. The Bertz CT molecular complexity index is 843. The van der Waals surface area contributed by atoms with Crippen LogP contribution in [-0.4, -0.2) is 40.8 Å². The Morgan fingerprint density at radius 2 is 1.89 bits per heavy atom. The van der Waals surface area contributed by atoms with E-state index in [4.69, 9.17) is 0 Å². The van der Waals surface area contributed by atoms with E-state index in [0.717, 1.165) is 48.9 Å². The molecule has 27 heavy (non-hydrogen) atoms. The summed E-state index contributed by atoms with van der Waals surface area (Å²) in [5.74, 6) is 0.438. The van der Waals surface area contributed by atoms with E-state index >= 15 is 0 Å². The second-order valence-electron chi connectivity index (χ2n) is 7.64. The number of aromatic nitrogens is 1. The molecule has 0 spiro atoms. The molecule has 1 saturated carbocycles. The third-order valence-corrected chi connectivity index (χ3v) is 5.47. The Morgan fingerprint density at radius 3 is 2.59 bits per heavy atom. The highest BCUT2D eigenvalue weighted by molar-refractivity contribution is 5.95. The summed E-state index contributed by atoms with van der Waals surface area (Å²) in [6, 6.07) is 9.69. The molecule has 2 heterocycles. The average Bonchev–Trinajstić information content (AvgIpc) is 3.53. The van der Waals surface area contributed by atoms with Gasteiger partial charge in [0.25, 0.3) is 5.91 Å². The Morgan fingerprint density at radius 1 is 1.11 bits per heavy atom. The first kappa shape index (κ1) is 17.7. The highest BCUT2D eigenvalue weighted by Gasteiger charge is 2.35. The highest BCUT2D eigenvalue weighted by atomic mass is 16.2. The van der Waals surface area contributed by atoms with Crippen LogP contribution in [0, 0.1) is 12.8 Å². The average molecular weight is 363 g/mol. The Labute approximate surface area is 159 Å². The van der Waals surface area contributed by atoms with Crippen molar-refractivity contribution in [2.75, 3.05) is 13.1 Å². The third kappa shape index (κ3) is 4.02. The van der Waals surface area contributed by atoms with Crippen LogP contribution in [0.4, 0.5) is 0 Å². The number of carbonyl (C=O) groups is 2. The Hall–Kier alpha value is -2.69. The molecule has 1 aromatic heterocycles. The van der Waals surface area contributed by atoms with E-state index in [9.17, 15) is 9.59 Å². The number of aryl methyl sites for hydroxylation is 1. The van der Waals surface area contributed by atoms with Crippen LogP contribution in [0.15, 0.2) is 42.7 Å². The maximum absolute atomic E-state index is 12.6. The van der Waals surface area contributed by atoms with E-state index in [-0.39, 0.29) is 23.8 Å². The molecule has 140 valence electrons. The van der Waals surface area contributed by atoms with Crippen molar-refractivity contribution in [3.63, 3.8) is 0 Å². The molecule has 5 nitrogen and oxygen atoms in total. The lowest BCUT2D eigenvalue weighted by molar-refractivity contribution is -0.133. The smallest absolute Gasteiger partial charge is 0.251 e. The zero-order valence-electron chi connectivity index (χ0n) is 15.6. The number of hydrogen-bond donors (Lipinski definition) is 1. The standard InChI is InChI=1S/C22H25N3O2/c1-15-13-23-11-10-20(15)16-4-6-17(7-5-16)21(26)24-19-3-2-12-25(14-19)22(27)18-8-9-18/h4-7,10-11,13,18-19H,2-3,8-9,12,14H2,1H3,(H,24,26)/t19-/m0/s1. The summed E-state index contributed by atoms with van der Waals surface area (Å²) in [6.07, 6.45) is 7.54. The van der Waals surface area contributed by atoms with Gasteiger partial charge >= 0.3 is 0 Å². The fraction of sp³-hybridized carbons (Fsp3) is 0.409. The molecule has 1 aliphatic heterocycles. The van der Waals surface area contributed by atoms with E-state index in [1.165, 1.54) is 0 Å². The van der Waals surface area contributed by atoms with Gasteiger partial charge in [0.2, 0.25) is 5.91 Å². The number of nitrogens with one attached hydrogen (secondary N) is 1. The van der Waals surface area contributed by atoms with Gasteiger partial charge in [-0.3, -0.25) is 14.6 Å². The fourth-order valence-corrected chi connectivity index (χ4v) is 3.75. The molecular formula is C22H25N3O2. The van der Waals surface area contributed by atoms with Crippen LogP contribution < -0.4 is 5.32 Å². The molecule has 2 aliphatic rings. The van der Waals surface area contributed by atoms with Gasteiger partial charge in [-0.1, -0.05) is 12.1 Å². The molecule has 1 aromatic carbocycles. The second kappa shape index (κ2) is 7.51.